The SMILES string of the molecule is CCc1c(CN)cnn1-c1ccc(C)cc1Br. The van der Waals surface area contributed by atoms with Crippen LogP contribution >= 0.6 is 15.9 Å². The average molecular weight is 294 g/mol. The fraction of sp³-hybridized carbons (Fsp3) is 0.308. The molecule has 0 amide bonds. The number of aromatic nitrogens is 2. The second kappa shape index (κ2) is 5.02. The fourth-order valence-electron chi connectivity index (χ4n) is 1.95. The van der Waals surface area contributed by atoms with Gasteiger partial charge in [-0.25, -0.2) is 4.68 Å². The van der Waals surface area contributed by atoms with E-state index >= 15 is 0 Å². The molecule has 1 heterocycles. The molecule has 0 aliphatic heterocycles. The van der Waals surface area contributed by atoms with Crippen molar-refractivity contribution in [2.24, 2.45) is 5.73 Å². The summed E-state index contributed by atoms with van der Waals surface area (Å²) >= 11 is 3.59. The molecule has 0 aliphatic carbocycles. The predicted molar refractivity (Wildman–Crippen MR) is 73.3 cm³/mol. The number of nitrogens with zero attached hydrogens (tertiary/aromatic N) is 2. The van der Waals surface area contributed by atoms with Gasteiger partial charge in [-0.05, 0) is 47.0 Å². The molecule has 1 aromatic carbocycles. The summed E-state index contributed by atoms with van der Waals surface area (Å²) < 4.78 is 3.02. The minimum absolute atomic E-state index is 0.534. The summed E-state index contributed by atoms with van der Waals surface area (Å²) in [6.45, 7) is 4.73. The third-order valence-electron chi connectivity index (χ3n) is 2.84. The molecule has 0 atom stereocenters. The standard InChI is InChI=1S/C13H16BrN3/c1-3-12-10(7-15)8-16-17(12)13-5-4-9(2)6-11(13)14/h4-6,8H,3,7,15H2,1-2H3. The highest BCUT2D eigenvalue weighted by atomic mass is 79.9. The van der Waals surface area contributed by atoms with E-state index in [-0.39, 0.29) is 0 Å². The van der Waals surface area contributed by atoms with Crippen LogP contribution in [0.15, 0.2) is 28.9 Å². The van der Waals surface area contributed by atoms with Gasteiger partial charge in [0.25, 0.3) is 0 Å². The van der Waals surface area contributed by atoms with E-state index in [9.17, 15) is 0 Å². The molecule has 2 rings (SSSR count). The van der Waals surface area contributed by atoms with Crippen LogP contribution in [0.3, 0.4) is 0 Å². The Morgan fingerprint density at radius 1 is 1.41 bits per heavy atom. The Kier molecular flexibility index (Phi) is 3.64. The summed E-state index contributed by atoms with van der Waals surface area (Å²) in [6.07, 6.45) is 2.78. The first-order valence-electron chi connectivity index (χ1n) is 5.69. The molecular formula is C13H16BrN3. The lowest BCUT2D eigenvalue weighted by Gasteiger charge is -2.10. The summed E-state index contributed by atoms with van der Waals surface area (Å²) in [6, 6.07) is 6.26. The maximum atomic E-state index is 5.71. The van der Waals surface area contributed by atoms with Gasteiger partial charge < -0.3 is 5.73 Å². The molecule has 17 heavy (non-hydrogen) atoms. The second-order valence-corrected chi connectivity index (χ2v) is 4.90. The number of hydrogen-bond acceptors (Lipinski definition) is 2. The zero-order valence-electron chi connectivity index (χ0n) is 10.1. The van der Waals surface area contributed by atoms with Crippen LogP contribution in [-0.2, 0) is 13.0 Å². The molecule has 0 aliphatic rings. The molecule has 0 unspecified atom stereocenters. The molecule has 4 heteroatoms. The second-order valence-electron chi connectivity index (χ2n) is 4.04. The van der Waals surface area contributed by atoms with E-state index in [4.69, 9.17) is 5.73 Å². The number of rotatable bonds is 3. The Morgan fingerprint density at radius 3 is 2.76 bits per heavy atom. The maximum Gasteiger partial charge on any atom is 0.0791 e. The molecule has 90 valence electrons. The molecule has 0 bridgehead atoms. The molecule has 0 radical (unpaired) electrons. The Hall–Kier alpha value is -1.13. The van der Waals surface area contributed by atoms with Crippen molar-refractivity contribution < 1.29 is 0 Å². The van der Waals surface area contributed by atoms with Crippen LogP contribution in [0.25, 0.3) is 5.69 Å². The average Bonchev–Trinajstić information content (AvgIpc) is 2.71. The summed E-state index contributed by atoms with van der Waals surface area (Å²) in [5.41, 5.74) is 10.3. The highest BCUT2D eigenvalue weighted by Gasteiger charge is 2.11. The minimum atomic E-state index is 0.534. The highest BCUT2D eigenvalue weighted by Crippen LogP contribution is 2.24. The van der Waals surface area contributed by atoms with Crippen LogP contribution in [0.5, 0.6) is 0 Å². The quantitative estimate of drug-likeness (QED) is 0.945. The van der Waals surface area contributed by atoms with Gasteiger partial charge in [-0.3, -0.25) is 0 Å². The Balaban J connectivity index is 2.56. The minimum Gasteiger partial charge on any atom is -0.326 e. The molecule has 3 nitrogen and oxygen atoms in total. The van der Waals surface area contributed by atoms with E-state index in [0.29, 0.717) is 6.54 Å². The van der Waals surface area contributed by atoms with Crippen molar-refractivity contribution in [1.82, 2.24) is 9.78 Å². The van der Waals surface area contributed by atoms with Crippen molar-refractivity contribution >= 4 is 15.9 Å². The number of benzene rings is 1. The van der Waals surface area contributed by atoms with Crippen molar-refractivity contribution in [1.29, 1.82) is 0 Å². The van der Waals surface area contributed by atoms with E-state index < -0.39 is 0 Å². The monoisotopic (exact) mass is 293 g/mol. The van der Waals surface area contributed by atoms with Gasteiger partial charge in [0, 0.05) is 22.3 Å². The van der Waals surface area contributed by atoms with Crippen molar-refractivity contribution in [3.63, 3.8) is 0 Å². The third kappa shape index (κ3) is 2.28. The van der Waals surface area contributed by atoms with Crippen LogP contribution in [-0.4, -0.2) is 9.78 Å². The van der Waals surface area contributed by atoms with E-state index in [2.05, 4.69) is 53.1 Å². The number of hydrogen-bond donors (Lipinski definition) is 1. The summed E-state index contributed by atoms with van der Waals surface area (Å²) in [5.74, 6) is 0. The van der Waals surface area contributed by atoms with Crippen molar-refractivity contribution in [3.8, 4) is 5.69 Å². The van der Waals surface area contributed by atoms with E-state index in [1.54, 1.807) is 0 Å². The first-order valence-corrected chi connectivity index (χ1v) is 6.49. The van der Waals surface area contributed by atoms with Crippen LogP contribution in [0.2, 0.25) is 0 Å². The molecule has 0 spiro atoms. The first-order chi connectivity index (χ1) is 8.17. The lowest BCUT2D eigenvalue weighted by molar-refractivity contribution is 0.804. The Labute approximate surface area is 110 Å². The van der Waals surface area contributed by atoms with Gasteiger partial charge in [-0.15, -0.1) is 0 Å². The number of aryl methyl sites for hydroxylation is 1. The van der Waals surface area contributed by atoms with Gasteiger partial charge in [-0.2, -0.15) is 5.10 Å². The Bertz CT molecular complexity index is 531. The molecule has 2 aromatic rings. The molecule has 0 saturated carbocycles. The Morgan fingerprint density at radius 2 is 2.18 bits per heavy atom. The van der Waals surface area contributed by atoms with Crippen molar-refractivity contribution in [2.75, 3.05) is 0 Å². The third-order valence-corrected chi connectivity index (χ3v) is 3.48. The lowest BCUT2D eigenvalue weighted by Crippen LogP contribution is -2.05. The van der Waals surface area contributed by atoms with E-state index in [1.165, 1.54) is 11.3 Å². The zero-order chi connectivity index (χ0) is 12.4. The molecular weight excluding hydrogens is 278 g/mol. The molecule has 0 saturated heterocycles. The predicted octanol–water partition coefficient (Wildman–Crippen LogP) is 2.96. The smallest absolute Gasteiger partial charge is 0.0791 e. The van der Waals surface area contributed by atoms with E-state index in [0.717, 1.165) is 22.1 Å². The first kappa shape index (κ1) is 12.3. The van der Waals surface area contributed by atoms with E-state index in [1.807, 2.05) is 10.9 Å². The zero-order valence-corrected chi connectivity index (χ0v) is 11.7. The maximum absolute atomic E-state index is 5.71. The molecule has 1 aromatic heterocycles. The van der Waals surface area contributed by atoms with Gasteiger partial charge in [-0.1, -0.05) is 13.0 Å². The van der Waals surface area contributed by atoms with Crippen molar-refractivity contribution in [2.45, 2.75) is 26.8 Å². The topological polar surface area (TPSA) is 43.8 Å². The van der Waals surface area contributed by atoms with Crippen LogP contribution < -0.4 is 5.73 Å². The fourth-order valence-corrected chi connectivity index (χ4v) is 2.61. The number of nitrogens with two attached hydrogens (primary N) is 1. The van der Waals surface area contributed by atoms with Crippen molar-refractivity contribution in [3.05, 3.63) is 45.7 Å². The van der Waals surface area contributed by atoms with Crippen LogP contribution in [0.1, 0.15) is 23.7 Å². The number of halogens is 1. The summed E-state index contributed by atoms with van der Waals surface area (Å²) in [4.78, 5) is 0. The van der Waals surface area contributed by atoms with Gasteiger partial charge >= 0.3 is 0 Å². The lowest BCUT2D eigenvalue weighted by atomic mass is 10.2. The van der Waals surface area contributed by atoms with Gasteiger partial charge in [0.05, 0.1) is 11.9 Å². The summed E-state index contributed by atoms with van der Waals surface area (Å²) in [5, 5.41) is 4.43. The van der Waals surface area contributed by atoms with Crippen LogP contribution in [0, 0.1) is 6.92 Å². The highest BCUT2D eigenvalue weighted by molar-refractivity contribution is 9.10. The van der Waals surface area contributed by atoms with Gasteiger partial charge in [0.2, 0.25) is 0 Å². The summed E-state index contributed by atoms with van der Waals surface area (Å²) in [7, 11) is 0. The van der Waals surface area contributed by atoms with Gasteiger partial charge in [0.15, 0.2) is 0 Å². The van der Waals surface area contributed by atoms with Crippen LogP contribution in [0.4, 0.5) is 0 Å². The molecule has 0 fully saturated rings. The molecule has 2 N–H and O–H groups in total. The van der Waals surface area contributed by atoms with Gasteiger partial charge in [0.1, 0.15) is 0 Å². The largest absolute Gasteiger partial charge is 0.326 e. The normalized spacial score (nSPS) is 10.8.